The van der Waals surface area contributed by atoms with Crippen molar-refractivity contribution < 1.29 is 9.53 Å². The lowest BCUT2D eigenvalue weighted by molar-refractivity contribution is -0.133. The summed E-state index contributed by atoms with van der Waals surface area (Å²) in [6.45, 7) is 11.3. The van der Waals surface area contributed by atoms with Crippen LogP contribution < -0.4 is 0 Å². The number of likely N-dealkylation sites (tertiary alicyclic amines) is 1. The highest BCUT2D eigenvalue weighted by molar-refractivity contribution is 5.87. The minimum atomic E-state index is 0.0687. The molecule has 0 aromatic rings. The number of hydrogen-bond acceptors (Lipinski definition) is 4. The van der Waals surface area contributed by atoms with Crippen molar-refractivity contribution in [2.45, 2.75) is 40.0 Å². The maximum atomic E-state index is 12.2. The number of hydrogen-bond donors (Lipinski definition) is 0. The number of carbonyl (C=O) groups is 1. The molecule has 0 aromatic heterocycles. The molecular weight excluding hydrogens is 254 g/mol. The summed E-state index contributed by atoms with van der Waals surface area (Å²) >= 11 is 0. The number of nitrogens with zero attached hydrogens (tertiary/aromatic N) is 3. The van der Waals surface area contributed by atoms with E-state index >= 15 is 0 Å². The smallest absolute Gasteiger partial charge is 0.223 e. The molecule has 0 radical (unpaired) electrons. The zero-order valence-corrected chi connectivity index (χ0v) is 13.0. The second-order valence-electron chi connectivity index (χ2n) is 6.85. The minimum Gasteiger partial charge on any atom is -0.378 e. The number of rotatable bonds is 2. The van der Waals surface area contributed by atoms with Crippen molar-refractivity contribution in [3.05, 3.63) is 0 Å². The van der Waals surface area contributed by atoms with Crippen LogP contribution in [0.4, 0.5) is 0 Å². The van der Waals surface area contributed by atoms with Crippen molar-refractivity contribution in [1.82, 2.24) is 9.91 Å². The first-order valence-corrected chi connectivity index (χ1v) is 7.61. The fourth-order valence-corrected chi connectivity index (χ4v) is 2.53. The predicted molar refractivity (Wildman–Crippen MR) is 79.7 cm³/mol. The molecule has 5 heteroatoms. The molecule has 2 aliphatic rings. The molecule has 0 bridgehead atoms. The van der Waals surface area contributed by atoms with E-state index in [1.807, 2.05) is 4.90 Å². The maximum absolute atomic E-state index is 12.2. The van der Waals surface area contributed by atoms with E-state index in [2.05, 4.69) is 25.8 Å². The Balaban J connectivity index is 1.79. The van der Waals surface area contributed by atoms with Crippen LogP contribution in [0.5, 0.6) is 0 Å². The first-order chi connectivity index (χ1) is 9.44. The summed E-state index contributed by atoms with van der Waals surface area (Å²) in [5.41, 5.74) is 1.30. The zero-order chi connectivity index (χ0) is 14.6. The lowest BCUT2D eigenvalue weighted by Gasteiger charge is -2.32. The number of morpholine rings is 1. The molecular formula is C15H27N3O2. The maximum Gasteiger partial charge on any atom is 0.223 e. The molecule has 0 spiro atoms. The molecule has 0 unspecified atom stereocenters. The van der Waals surface area contributed by atoms with Crippen LogP contribution in [0.15, 0.2) is 5.10 Å². The van der Waals surface area contributed by atoms with Gasteiger partial charge < -0.3 is 9.64 Å². The van der Waals surface area contributed by atoms with Crippen LogP contribution in [-0.4, -0.2) is 60.9 Å². The molecule has 2 aliphatic heterocycles. The number of amides is 1. The first-order valence-electron chi connectivity index (χ1n) is 7.61. The van der Waals surface area contributed by atoms with Gasteiger partial charge in [0.1, 0.15) is 0 Å². The van der Waals surface area contributed by atoms with Crippen LogP contribution in [0.1, 0.15) is 40.0 Å². The molecule has 114 valence electrons. The Morgan fingerprint density at radius 3 is 2.30 bits per heavy atom. The van der Waals surface area contributed by atoms with E-state index in [0.29, 0.717) is 6.42 Å². The number of carbonyl (C=O) groups excluding carboxylic acids is 1. The third-order valence-corrected chi connectivity index (χ3v) is 3.65. The predicted octanol–water partition coefficient (Wildman–Crippen LogP) is 1.73. The van der Waals surface area contributed by atoms with E-state index in [9.17, 15) is 4.79 Å². The van der Waals surface area contributed by atoms with Crippen molar-refractivity contribution in [2.24, 2.45) is 10.5 Å². The van der Waals surface area contributed by atoms with Gasteiger partial charge in [-0.2, -0.15) is 5.10 Å². The van der Waals surface area contributed by atoms with Crippen LogP contribution in [-0.2, 0) is 9.53 Å². The number of piperidine rings is 1. The number of hydrazone groups is 1. The van der Waals surface area contributed by atoms with Gasteiger partial charge in [0, 0.05) is 38.1 Å². The summed E-state index contributed by atoms with van der Waals surface area (Å²) in [4.78, 5) is 14.2. The van der Waals surface area contributed by atoms with Crippen LogP contribution in [0.2, 0.25) is 0 Å². The Kier molecular flexibility index (Phi) is 5.02. The third kappa shape index (κ3) is 4.78. The Hall–Kier alpha value is -1.10. The average Bonchev–Trinajstić information content (AvgIpc) is 2.39. The van der Waals surface area contributed by atoms with Crippen molar-refractivity contribution in [1.29, 1.82) is 0 Å². The molecule has 0 aliphatic carbocycles. The fraction of sp³-hybridized carbons (Fsp3) is 0.867. The highest BCUT2D eigenvalue weighted by atomic mass is 16.5. The summed E-state index contributed by atoms with van der Waals surface area (Å²) in [5, 5.41) is 6.80. The SMILES string of the molecule is CC(C)(C)CC(=O)N1CCC(=NN2CCOCC2)CC1. The Morgan fingerprint density at radius 1 is 1.15 bits per heavy atom. The van der Waals surface area contributed by atoms with Gasteiger partial charge in [0.05, 0.1) is 26.3 Å². The Morgan fingerprint density at radius 2 is 1.75 bits per heavy atom. The minimum absolute atomic E-state index is 0.0687. The molecule has 2 heterocycles. The number of ether oxygens (including phenoxy) is 1. The highest BCUT2D eigenvalue weighted by Gasteiger charge is 2.24. The molecule has 2 fully saturated rings. The molecule has 20 heavy (non-hydrogen) atoms. The summed E-state index contributed by atoms with van der Waals surface area (Å²) < 4.78 is 5.32. The largest absolute Gasteiger partial charge is 0.378 e. The molecule has 0 aromatic carbocycles. The summed E-state index contributed by atoms with van der Waals surface area (Å²) in [6.07, 6.45) is 2.45. The molecule has 2 rings (SSSR count). The summed E-state index contributed by atoms with van der Waals surface area (Å²) in [7, 11) is 0. The second kappa shape index (κ2) is 6.57. The molecule has 1 amide bonds. The normalized spacial score (nSPS) is 21.1. The van der Waals surface area contributed by atoms with Crippen molar-refractivity contribution in [3.8, 4) is 0 Å². The summed E-state index contributed by atoms with van der Waals surface area (Å²) in [5.74, 6) is 0.280. The topological polar surface area (TPSA) is 45.1 Å². The van der Waals surface area contributed by atoms with Gasteiger partial charge in [-0.1, -0.05) is 20.8 Å². The van der Waals surface area contributed by atoms with Crippen LogP contribution in [0, 0.1) is 5.41 Å². The van der Waals surface area contributed by atoms with Gasteiger partial charge in [-0.3, -0.25) is 9.80 Å². The van der Waals surface area contributed by atoms with Crippen molar-refractivity contribution in [2.75, 3.05) is 39.4 Å². The first kappa shape index (κ1) is 15.3. The van der Waals surface area contributed by atoms with Gasteiger partial charge in [-0.05, 0) is 5.41 Å². The van der Waals surface area contributed by atoms with E-state index in [0.717, 1.165) is 52.2 Å². The average molecular weight is 281 g/mol. The third-order valence-electron chi connectivity index (χ3n) is 3.65. The van der Waals surface area contributed by atoms with Crippen molar-refractivity contribution >= 4 is 11.6 Å². The van der Waals surface area contributed by atoms with Gasteiger partial charge in [0.25, 0.3) is 0 Å². The Bertz CT molecular complexity index is 358. The van der Waals surface area contributed by atoms with Crippen molar-refractivity contribution in [3.63, 3.8) is 0 Å². The van der Waals surface area contributed by atoms with Gasteiger partial charge >= 0.3 is 0 Å². The lowest BCUT2D eigenvalue weighted by atomic mass is 9.91. The summed E-state index contributed by atoms with van der Waals surface area (Å²) in [6, 6.07) is 0. The molecule has 0 saturated carbocycles. The van der Waals surface area contributed by atoms with Crippen LogP contribution in [0.3, 0.4) is 0 Å². The highest BCUT2D eigenvalue weighted by Crippen LogP contribution is 2.21. The van der Waals surface area contributed by atoms with E-state index in [1.165, 1.54) is 5.71 Å². The van der Waals surface area contributed by atoms with Crippen LogP contribution in [0.25, 0.3) is 0 Å². The van der Waals surface area contributed by atoms with Gasteiger partial charge in [-0.25, -0.2) is 0 Å². The molecule has 0 atom stereocenters. The van der Waals surface area contributed by atoms with Gasteiger partial charge in [-0.15, -0.1) is 0 Å². The van der Waals surface area contributed by atoms with Gasteiger partial charge in [0.2, 0.25) is 5.91 Å². The lowest BCUT2D eigenvalue weighted by Crippen LogP contribution is -2.41. The molecule has 2 saturated heterocycles. The molecule has 5 nitrogen and oxygen atoms in total. The standard InChI is InChI=1S/C15H27N3O2/c1-15(2,3)12-14(19)17-6-4-13(5-7-17)16-18-8-10-20-11-9-18/h4-12H2,1-3H3. The van der Waals surface area contributed by atoms with Crippen LogP contribution >= 0.6 is 0 Å². The fourth-order valence-electron chi connectivity index (χ4n) is 2.53. The zero-order valence-electron chi connectivity index (χ0n) is 13.0. The van der Waals surface area contributed by atoms with E-state index < -0.39 is 0 Å². The van der Waals surface area contributed by atoms with E-state index in [4.69, 9.17) is 9.84 Å². The monoisotopic (exact) mass is 281 g/mol. The second-order valence-corrected chi connectivity index (χ2v) is 6.85. The Labute approximate surface area is 121 Å². The van der Waals surface area contributed by atoms with E-state index in [1.54, 1.807) is 0 Å². The van der Waals surface area contributed by atoms with Gasteiger partial charge in [0.15, 0.2) is 0 Å². The molecule has 0 N–H and O–H groups in total. The van der Waals surface area contributed by atoms with E-state index in [-0.39, 0.29) is 11.3 Å². The quantitative estimate of drug-likeness (QED) is 0.774.